The molecule has 0 atom stereocenters. The number of methoxy groups -OCH3 is 2. The summed E-state index contributed by atoms with van der Waals surface area (Å²) in [4.78, 5) is 24.9. The van der Waals surface area contributed by atoms with Crippen LogP contribution in [-0.4, -0.2) is 35.1 Å². The molecule has 1 aromatic carbocycles. The molecule has 0 fully saturated rings. The molecule has 3 rings (SSSR count). The van der Waals surface area contributed by atoms with Crippen LogP contribution in [0.2, 0.25) is 0 Å². The molecule has 0 radical (unpaired) electrons. The van der Waals surface area contributed by atoms with E-state index in [9.17, 15) is 4.79 Å². The molecule has 144 valence electrons. The summed E-state index contributed by atoms with van der Waals surface area (Å²) < 4.78 is 10.5. The van der Waals surface area contributed by atoms with Crippen LogP contribution < -0.4 is 20.1 Å². The molecule has 28 heavy (non-hydrogen) atoms. The van der Waals surface area contributed by atoms with Crippen LogP contribution in [-0.2, 0) is 13.1 Å². The summed E-state index contributed by atoms with van der Waals surface area (Å²) in [6.45, 7) is 0.852. The minimum absolute atomic E-state index is 0.258. The molecule has 8 nitrogen and oxygen atoms in total. The van der Waals surface area contributed by atoms with E-state index in [2.05, 4.69) is 25.6 Å². The van der Waals surface area contributed by atoms with Crippen molar-refractivity contribution in [2.75, 3.05) is 19.5 Å². The minimum Gasteiger partial charge on any atom is -0.493 e. The minimum atomic E-state index is -0.258. The number of nitrogens with one attached hydrogen (secondary N) is 2. The van der Waals surface area contributed by atoms with Crippen molar-refractivity contribution in [3.05, 3.63) is 71.8 Å². The highest BCUT2D eigenvalue weighted by molar-refractivity contribution is 5.93. The van der Waals surface area contributed by atoms with E-state index in [0.717, 1.165) is 11.3 Å². The third-order valence-corrected chi connectivity index (χ3v) is 3.97. The van der Waals surface area contributed by atoms with Gasteiger partial charge in [0.15, 0.2) is 11.5 Å². The van der Waals surface area contributed by atoms with Crippen LogP contribution in [0.3, 0.4) is 0 Å². The zero-order chi connectivity index (χ0) is 19.8. The van der Waals surface area contributed by atoms with Crippen LogP contribution in [0.15, 0.2) is 55.0 Å². The first-order valence-electron chi connectivity index (χ1n) is 8.64. The lowest BCUT2D eigenvalue weighted by Gasteiger charge is -2.10. The number of nitrogens with zero attached hydrogens (tertiary/aromatic N) is 3. The predicted octanol–water partition coefficient (Wildman–Crippen LogP) is 2.43. The Morgan fingerprint density at radius 2 is 1.75 bits per heavy atom. The summed E-state index contributed by atoms with van der Waals surface area (Å²) in [5.41, 5.74) is 2.15. The summed E-state index contributed by atoms with van der Waals surface area (Å²) in [7, 11) is 3.15. The maximum Gasteiger partial charge on any atom is 0.254 e. The van der Waals surface area contributed by atoms with E-state index < -0.39 is 0 Å². The summed E-state index contributed by atoms with van der Waals surface area (Å²) in [6.07, 6.45) is 4.69. The molecule has 3 aromatic rings. The standard InChI is InChI=1S/C20H21N5O3/c1-27-17-7-6-14(9-18(17)28-2)10-22-19(26)15-11-23-20(24-12-15)25-13-16-5-3-4-8-21-16/h3-9,11-12H,10,13H2,1-2H3,(H,22,26)(H,23,24,25). The summed E-state index contributed by atoms with van der Waals surface area (Å²) >= 11 is 0. The van der Waals surface area contributed by atoms with Crippen LogP contribution >= 0.6 is 0 Å². The van der Waals surface area contributed by atoms with Crippen LogP contribution in [0.25, 0.3) is 0 Å². The van der Waals surface area contributed by atoms with Gasteiger partial charge in [-0.1, -0.05) is 12.1 Å². The quantitative estimate of drug-likeness (QED) is 0.620. The second-order valence-corrected chi connectivity index (χ2v) is 5.84. The second-order valence-electron chi connectivity index (χ2n) is 5.84. The number of carbonyl (C=O) groups is 1. The molecular formula is C20H21N5O3. The van der Waals surface area contributed by atoms with Crippen LogP contribution in [0.4, 0.5) is 5.95 Å². The Labute approximate surface area is 163 Å². The third-order valence-electron chi connectivity index (χ3n) is 3.97. The van der Waals surface area contributed by atoms with Gasteiger partial charge in [-0.3, -0.25) is 9.78 Å². The van der Waals surface area contributed by atoms with E-state index in [-0.39, 0.29) is 5.91 Å². The van der Waals surface area contributed by atoms with Gasteiger partial charge in [0.25, 0.3) is 5.91 Å². The van der Waals surface area contributed by atoms with Gasteiger partial charge in [-0.15, -0.1) is 0 Å². The molecule has 0 bridgehead atoms. The zero-order valence-corrected chi connectivity index (χ0v) is 15.7. The molecule has 0 saturated carbocycles. The maximum atomic E-state index is 12.3. The lowest BCUT2D eigenvalue weighted by molar-refractivity contribution is 0.0950. The molecule has 2 aromatic heterocycles. The zero-order valence-electron chi connectivity index (χ0n) is 15.7. The fraction of sp³-hybridized carbons (Fsp3) is 0.200. The largest absolute Gasteiger partial charge is 0.493 e. The number of benzene rings is 1. The van der Waals surface area contributed by atoms with E-state index in [1.807, 2.05) is 30.3 Å². The van der Waals surface area contributed by atoms with E-state index in [1.54, 1.807) is 26.5 Å². The van der Waals surface area contributed by atoms with E-state index in [4.69, 9.17) is 9.47 Å². The topological polar surface area (TPSA) is 98.3 Å². The molecule has 0 aliphatic heterocycles. The van der Waals surface area contributed by atoms with Gasteiger partial charge in [0.2, 0.25) is 5.95 Å². The number of aromatic nitrogens is 3. The number of amides is 1. The van der Waals surface area contributed by atoms with Crippen LogP contribution in [0, 0.1) is 0 Å². The Balaban J connectivity index is 1.54. The SMILES string of the molecule is COc1ccc(CNC(=O)c2cnc(NCc3ccccn3)nc2)cc1OC. The van der Waals surface area contributed by atoms with Crippen molar-refractivity contribution in [2.24, 2.45) is 0 Å². The normalized spacial score (nSPS) is 10.2. The van der Waals surface area contributed by atoms with Crippen molar-refractivity contribution in [2.45, 2.75) is 13.1 Å². The average Bonchev–Trinajstić information content (AvgIpc) is 2.76. The molecule has 0 aliphatic carbocycles. The summed E-state index contributed by atoms with van der Waals surface area (Å²) in [5.74, 6) is 1.42. The molecule has 0 aliphatic rings. The number of pyridine rings is 1. The monoisotopic (exact) mass is 379 g/mol. The molecule has 1 amide bonds. The number of ether oxygens (including phenoxy) is 2. The van der Waals surface area contributed by atoms with Crippen molar-refractivity contribution in [3.8, 4) is 11.5 Å². The van der Waals surface area contributed by atoms with Crippen molar-refractivity contribution in [1.29, 1.82) is 0 Å². The van der Waals surface area contributed by atoms with E-state index >= 15 is 0 Å². The number of hydrogen-bond donors (Lipinski definition) is 2. The fourth-order valence-electron chi connectivity index (χ4n) is 2.48. The van der Waals surface area contributed by atoms with Crippen molar-refractivity contribution < 1.29 is 14.3 Å². The van der Waals surface area contributed by atoms with Gasteiger partial charge in [0.05, 0.1) is 32.0 Å². The Morgan fingerprint density at radius 3 is 2.43 bits per heavy atom. The molecule has 2 N–H and O–H groups in total. The number of carbonyl (C=O) groups excluding carboxylic acids is 1. The lowest BCUT2D eigenvalue weighted by atomic mass is 10.2. The molecule has 8 heteroatoms. The van der Waals surface area contributed by atoms with Crippen LogP contribution in [0.1, 0.15) is 21.6 Å². The van der Waals surface area contributed by atoms with Crippen LogP contribution in [0.5, 0.6) is 11.5 Å². The van der Waals surface area contributed by atoms with Gasteiger partial charge in [-0.05, 0) is 29.8 Å². The first-order chi connectivity index (χ1) is 13.7. The summed E-state index contributed by atoms with van der Waals surface area (Å²) in [5, 5.41) is 5.90. The Bertz CT molecular complexity index is 917. The summed E-state index contributed by atoms with van der Waals surface area (Å²) in [6, 6.07) is 11.2. The first-order valence-corrected chi connectivity index (χ1v) is 8.64. The van der Waals surface area contributed by atoms with E-state index in [0.29, 0.717) is 36.1 Å². The lowest BCUT2D eigenvalue weighted by Crippen LogP contribution is -2.23. The van der Waals surface area contributed by atoms with Gasteiger partial charge in [-0.2, -0.15) is 0 Å². The Hall–Kier alpha value is -3.68. The molecule has 2 heterocycles. The number of anilines is 1. The maximum absolute atomic E-state index is 12.3. The highest BCUT2D eigenvalue weighted by atomic mass is 16.5. The third kappa shape index (κ3) is 4.94. The molecule has 0 spiro atoms. The van der Waals surface area contributed by atoms with Gasteiger partial charge in [0, 0.05) is 25.1 Å². The average molecular weight is 379 g/mol. The Kier molecular flexibility index (Phi) is 6.35. The smallest absolute Gasteiger partial charge is 0.254 e. The first kappa shape index (κ1) is 19.1. The van der Waals surface area contributed by atoms with Crippen molar-refractivity contribution in [1.82, 2.24) is 20.3 Å². The highest BCUT2D eigenvalue weighted by Gasteiger charge is 2.09. The number of rotatable bonds is 8. The van der Waals surface area contributed by atoms with E-state index in [1.165, 1.54) is 12.4 Å². The second kappa shape index (κ2) is 9.31. The van der Waals surface area contributed by atoms with Crippen molar-refractivity contribution >= 4 is 11.9 Å². The van der Waals surface area contributed by atoms with Crippen molar-refractivity contribution in [3.63, 3.8) is 0 Å². The van der Waals surface area contributed by atoms with Gasteiger partial charge >= 0.3 is 0 Å². The Morgan fingerprint density at radius 1 is 0.964 bits per heavy atom. The molecule has 0 saturated heterocycles. The fourth-order valence-corrected chi connectivity index (χ4v) is 2.48. The molecule has 0 unspecified atom stereocenters. The van der Waals surface area contributed by atoms with Gasteiger partial charge in [0.1, 0.15) is 0 Å². The highest BCUT2D eigenvalue weighted by Crippen LogP contribution is 2.27. The van der Waals surface area contributed by atoms with Gasteiger partial charge in [-0.25, -0.2) is 9.97 Å². The number of hydrogen-bond acceptors (Lipinski definition) is 7. The predicted molar refractivity (Wildman–Crippen MR) is 104 cm³/mol. The molecular weight excluding hydrogens is 358 g/mol. The van der Waals surface area contributed by atoms with Gasteiger partial charge < -0.3 is 20.1 Å².